The quantitative estimate of drug-likeness (QED) is 0.476. The Bertz CT molecular complexity index is 1360. The van der Waals surface area contributed by atoms with Crippen LogP contribution in [0.25, 0.3) is 16.7 Å². The van der Waals surface area contributed by atoms with Crippen LogP contribution >= 0.6 is 0 Å². The van der Waals surface area contributed by atoms with E-state index in [4.69, 9.17) is 0 Å². The largest absolute Gasteiger partial charge is 0.322 e. The molecule has 0 spiro atoms. The fourth-order valence-electron chi connectivity index (χ4n) is 3.30. The predicted octanol–water partition coefficient (Wildman–Crippen LogP) is 4.31. The lowest BCUT2D eigenvalue weighted by Gasteiger charge is -2.21. The van der Waals surface area contributed by atoms with Gasteiger partial charge in [0.2, 0.25) is 10.0 Å². The van der Waals surface area contributed by atoms with Crippen molar-refractivity contribution in [2.75, 3.05) is 12.4 Å². The van der Waals surface area contributed by atoms with E-state index in [2.05, 4.69) is 10.3 Å². The molecule has 0 radical (unpaired) electrons. The predicted molar refractivity (Wildman–Crippen MR) is 126 cm³/mol. The van der Waals surface area contributed by atoms with Crippen LogP contribution in [0, 0.1) is 0 Å². The molecular weight excluding hydrogens is 424 g/mol. The van der Waals surface area contributed by atoms with Gasteiger partial charge in [-0.1, -0.05) is 12.1 Å². The summed E-state index contributed by atoms with van der Waals surface area (Å²) in [5.41, 5.74) is 3.86. The Morgan fingerprint density at radius 1 is 0.969 bits per heavy atom. The summed E-state index contributed by atoms with van der Waals surface area (Å²) in [5, 5.41) is 2.84. The third-order valence-electron chi connectivity index (χ3n) is 5.38. The van der Waals surface area contributed by atoms with Gasteiger partial charge in [0, 0.05) is 30.0 Å². The molecule has 1 heterocycles. The van der Waals surface area contributed by atoms with Crippen molar-refractivity contribution in [1.82, 2.24) is 13.9 Å². The number of hydrogen-bond acceptors (Lipinski definition) is 4. The van der Waals surface area contributed by atoms with Gasteiger partial charge in [-0.25, -0.2) is 13.4 Å². The number of nitrogens with one attached hydrogen (secondary N) is 1. The molecule has 3 aromatic carbocycles. The van der Waals surface area contributed by atoms with Crippen molar-refractivity contribution in [3.8, 4) is 5.69 Å². The van der Waals surface area contributed by atoms with E-state index in [0.717, 1.165) is 16.7 Å². The number of aromatic nitrogens is 2. The molecule has 32 heavy (non-hydrogen) atoms. The van der Waals surface area contributed by atoms with Crippen LogP contribution in [0.4, 0.5) is 5.69 Å². The molecule has 7 nitrogen and oxygen atoms in total. The molecule has 164 valence electrons. The van der Waals surface area contributed by atoms with Crippen LogP contribution in [0.15, 0.2) is 84.0 Å². The summed E-state index contributed by atoms with van der Waals surface area (Å²) < 4.78 is 28.4. The van der Waals surface area contributed by atoms with E-state index in [1.54, 1.807) is 20.2 Å². The van der Waals surface area contributed by atoms with Crippen molar-refractivity contribution in [1.29, 1.82) is 0 Å². The molecule has 0 fully saturated rings. The zero-order valence-electron chi connectivity index (χ0n) is 18.1. The SMILES string of the molecule is CC(C)N(C)S(=O)(=O)c1ccc(C(=O)Nc2ccc(-n3cnc4ccccc43)cc2)cc1. The minimum atomic E-state index is -3.59. The maximum atomic E-state index is 12.6. The Kier molecular flexibility index (Phi) is 5.82. The Balaban J connectivity index is 1.48. The molecule has 0 aliphatic heterocycles. The van der Waals surface area contributed by atoms with Crippen LogP contribution < -0.4 is 5.32 Å². The minimum absolute atomic E-state index is 0.155. The first-order chi connectivity index (χ1) is 15.3. The first-order valence-corrected chi connectivity index (χ1v) is 11.6. The number of nitrogens with zero attached hydrogens (tertiary/aromatic N) is 3. The van der Waals surface area contributed by atoms with Crippen molar-refractivity contribution >= 4 is 32.7 Å². The average molecular weight is 449 g/mol. The van der Waals surface area contributed by atoms with Gasteiger partial charge in [-0.3, -0.25) is 9.36 Å². The Labute approximate surface area is 187 Å². The van der Waals surface area contributed by atoms with Crippen LogP contribution in [-0.2, 0) is 10.0 Å². The summed E-state index contributed by atoms with van der Waals surface area (Å²) in [6.07, 6.45) is 1.77. The fourth-order valence-corrected chi connectivity index (χ4v) is 4.66. The van der Waals surface area contributed by atoms with Gasteiger partial charge in [-0.15, -0.1) is 0 Å². The topological polar surface area (TPSA) is 84.3 Å². The summed E-state index contributed by atoms with van der Waals surface area (Å²) in [6, 6.07) is 21.1. The number of anilines is 1. The first kappa shape index (κ1) is 21.7. The van der Waals surface area contributed by atoms with Crippen LogP contribution in [-0.4, -0.2) is 41.3 Å². The van der Waals surface area contributed by atoms with Crippen molar-refractivity contribution in [3.63, 3.8) is 0 Å². The number of rotatable bonds is 6. The number of carbonyl (C=O) groups excluding carboxylic acids is 1. The summed E-state index contributed by atoms with van der Waals surface area (Å²) in [5.74, 6) is -0.313. The molecule has 1 N–H and O–H groups in total. The van der Waals surface area contributed by atoms with Gasteiger partial charge < -0.3 is 5.32 Å². The Morgan fingerprint density at radius 3 is 2.28 bits per heavy atom. The average Bonchev–Trinajstić information content (AvgIpc) is 3.23. The van der Waals surface area contributed by atoms with Gasteiger partial charge in [0.15, 0.2) is 0 Å². The number of amides is 1. The van der Waals surface area contributed by atoms with E-state index in [0.29, 0.717) is 11.3 Å². The van der Waals surface area contributed by atoms with Gasteiger partial charge in [-0.2, -0.15) is 4.31 Å². The van der Waals surface area contributed by atoms with Crippen LogP contribution in [0.2, 0.25) is 0 Å². The van der Waals surface area contributed by atoms with E-state index in [-0.39, 0.29) is 16.8 Å². The summed E-state index contributed by atoms with van der Waals surface area (Å²) in [4.78, 5) is 17.2. The standard InChI is InChI=1S/C24H24N4O3S/c1-17(2)27(3)32(30,31)21-14-8-18(9-15-21)24(29)26-19-10-12-20(13-11-19)28-16-25-22-6-4-5-7-23(22)28/h4-17H,1-3H3,(H,26,29). The van der Waals surface area contributed by atoms with Gasteiger partial charge in [0.1, 0.15) is 6.33 Å². The fraction of sp³-hybridized carbons (Fsp3) is 0.167. The number of fused-ring (bicyclic) bond motifs is 1. The molecule has 8 heteroatoms. The second kappa shape index (κ2) is 8.57. The lowest BCUT2D eigenvalue weighted by molar-refractivity contribution is 0.102. The van der Waals surface area contributed by atoms with Crippen molar-refractivity contribution in [2.24, 2.45) is 0 Å². The molecule has 4 aromatic rings. The molecule has 0 aliphatic rings. The van der Waals surface area contributed by atoms with E-state index in [1.807, 2.05) is 53.1 Å². The summed E-state index contributed by atoms with van der Waals surface area (Å²) >= 11 is 0. The molecule has 0 aliphatic carbocycles. The van der Waals surface area contributed by atoms with E-state index in [1.165, 1.54) is 35.6 Å². The smallest absolute Gasteiger partial charge is 0.255 e. The van der Waals surface area contributed by atoms with Crippen molar-refractivity contribution in [3.05, 3.63) is 84.7 Å². The molecule has 0 unspecified atom stereocenters. The highest BCUT2D eigenvalue weighted by molar-refractivity contribution is 7.89. The second-order valence-electron chi connectivity index (χ2n) is 7.74. The van der Waals surface area contributed by atoms with Gasteiger partial charge in [-0.05, 0) is 74.5 Å². The molecule has 4 rings (SSSR count). The molecule has 1 aromatic heterocycles. The zero-order valence-corrected chi connectivity index (χ0v) is 18.9. The Morgan fingerprint density at radius 2 is 1.62 bits per heavy atom. The lowest BCUT2D eigenvalue weighted by Crippen LogP contribution is -2.33. The van der Waals surface area contributed by atoms with E-state index >= 15 is 0 Å². The van der Waals surface area contributed by atoms with Crippen LogP contribution in [0.5, 0.6) is 0 Å². The molecular formula is C24H24N4O3S. The maximum Gasteiger partial charge on any atom is 0.255 e. The number of carbonyl (C=O) groups is 1. The lowest BCUT2D eigenvalue weighted by atomic mass is 10.2. The maximum absolute atomic E-state index is 12.6. The molecule has 0 atom stereocenters. The van der Waals surface area contributed by atoms with Gasteiger partial charge >= 0.3 is 0 Å². The molecule has 1 amide bonds. The Hall–Kier alpha value is -3.49. The molecule has 0 saturated heterocycles. The van der Waals surface area contributed by atoms with Crippen molar-refractivity contribution < 1.29 is 13.2 Å². The van der Waals surface area contributed by atoms with Crippen LogP contribution in [0.3, 0.4) is 0 Å². The number of para-hydroxylation sites is 2. The normalized spacial score (nSPS) is 11.9. The molecule has 0 bridgehead atoms. The van der Waals surface area contributed by atoms with E-state index < -0.39 is 10.0 Å². The van der Waals surface area contributed by atoms with Gasteiger partial charge in [0.05, 0.1) is 15.9 Å². The number of benzene rings is 3. The van der Waals surface area contributed by atoms with Crippen LogP contribution in [0.1, 0.15) is 24.2 Å². The highest BCUT2D eigenvalue weighted by Crippen LogP contribution is 2.21. The number of sulfonamides is 1. The number of imidazole rings is 1. The molecule has 0 saturated carbocycles. The third kappa shape index (κ3) is 4.15. The highest BCUT2D eigenvalue weighted by Gasteiger charge is 2.23. The van der Waals surface area contributed by atoms with Gasteiger partial charge in [0.25, 0.3) is 5.91 Å². The highest BCUT2D eigenvalue weighted by atomic mass is 32.2. The minimum Gasteiger partial charge on any atom is -0.322 e. The second-order valence-corrected chi connectivity index (χ2v) is 9.74. The summed E-state index contributed by atoms with van der Waals surface area (Å²) in [6.45, 7) is 3.61. The number of hydrogen-bond donors (Lipinski definition) is 1. The van der Waals surface area contributed by atoms with E-state index in [9.17, 15) is 13.2 Å². The monoisotopic (exact) mass is 448 g/mol. The first-order valence-electron chi connectivity index (χ1n) is 10.2. The van der Waals surface area contributed by atoms with Crippen molar-refractivity contribution in [2.45, 2.75) is 24.8 Å². The summed E-state index contributed by atoms with van der Waals surface area (Å²) in [7, 11) is -2.05. The zero-order chi connectivity index (χ0) is 22.9. The third-order valence-corrected chi connectivity index (χ3v) is 7.43.